The van der Waals surface area contributed by atoms with Crippen LogP contribution >= 0.6 is 0 Å². The van der Waals surface area contributed by atoms with Gasteiger partial charge in [0.05, 0.1) is 20.1 Å². The van der Waals surface area contributed by atoms with E-state index in [1.807, 2.05) is 24.3 Å². The molecular weight excluding hydrogens is 332 g/mol. The van der Waals surface area contributed by atoms with Crippen molar-refractivity contribution in [3.63, 3.8) is 0 Å². The number of benzene rings is 2. The van der Waals surface area contributed by atoms with Crippen molar-refractivity contribution < 1.29 is 19.1 Å². The molecule has 0 spiro atoms. The highest BCUT2D eigenvalue weighted by molar-refractivity contribution is 5.97. The van der Waals surface area contributed by atoms with Gasteiger partial charge in [0.25, 0.3) is 0 Å². The Balaban J connectivity index is 1.49. The van der Waals surface area contributed by atoms with E-state index >= 15 is 0 Å². The molecule has 1 heterocycles. The van der Waals surface area contributed by atoms with E-state index in [2.05, 4.69) is 5.32 Å². The molecular formula is C20H22N2O4. The first-order chi connectivity index (χ1) is 12.7. The smallest absolute Gasteiger partial charge is 0.227 e. The molecule has 0 saturated carbocycles. The van der Waals surface area contributed by atoms with Crippen LogP contribution in [0, 0.1) is 0 Å². The normalized spacial score (nSPS) is 13.6. The van der Waals surface area contributed by atoms with Crippen molar-refractivity contribution in [3.8, 4) is 11.5 Å². The fourth-order valence-corrected chi connectivity index (χ4v) is 2.83. The second-order valence-electron chi connectivity index (χ2n) is 6.02. The third-order valence-electron chi connectivity index (χ3n) is 4.17. The van der Waals surface area contributed by atoms with Crippen LogP contribution in [0.3, 0.4) is 0 Å². The summed E-state index contributed by atoms with van der Waals surface area (Å²) < 4.78 is 10.7. The molecule has 0 bridgehead atoms. The summed E-state index contributed by atoms with van der Waals surface area (Å²) in [6, 6.07) is 14.6. The number of nitrogens with one attached hydrogen (secondary N) is 1. The molecule has 2 aromatic rings. The maximum atomic E-state index is 12.1. The number of nitrogens with zero attached hydrogens (tertiary/aromatic N) is 1. The van der Waals surface area contributed by atoms with E-state index in [9.17, 15) is 9.59 Å². The van der Waals surface area contributed by atoms with Gasteiger partial charge in [-0.1, -0.05) is 6.07 Å². The predicted molar refractivity (Wildman–Crippen MR) is 99.8 cm³/mol. The van der Waals surface area contributed by atoms with Gasteiger partial charge in [-0.3, -0.25) is 9.59 Å². The van der Waals surface area contributed by atoms with Crippen LogP contribution in [0.4, 0.5) is 11.4 Å². The molecule has 26 heavy (non-hydrogen) atoms. The van der Waals surface area contributed by atoms with Gasteiger partial charge in [-0.05, 0) is 48.9 Å². The topological polar surface area (TPSA) is 67.9 Å². The molecule has 3 rings (SSSR count). The van der Waals surface area contributed by atoms with Gasteiger partial charge in [-0.2, -0.15) is 0 Å². The second-order valence-corrected chi connectivity index (χ2v) is 6.02. The highest BCUT2D eigenvalue weighted by Crippen LogP contribution is 2.24. The molecule has 0 unspecified atom stereocenters. The summed E-state index contributed by atoms with van der Waals surface area (Å²) in [5.41, 5.74) is 1.50. The monoisotopic (exact) mass is 354 g/mol. The van der Waals surface area contributed by atoms with Crippen molar-refractivity contribution in [2.24, 2.45) is 0 Å². The van der Waals surface area contributed by atoms with Gasteiger partial charge in [0.15, 0.2) is 0 Å². The summed E-state index contributed by atoms with van der Waals surface area (Å²) in [7, 11) is 1.61. The van der Waals surface area contributed by atoms with E-state index in [0.717, 1.165) is 24.4 Å². The fraction of sp³-hybridized carbons (Fsp3) is 0.300. The lowest BCUT2D eigenvalue weighted by atomic mass is 10.2. The van der Waals surface area contributed by atoms with Gasteiger partial charge >= 0.3 is 0 Å². The van der Waals surface area contributed by atoms with Crippen LogP contribution in [-0.4, -0.2) is 32.1 Å². The summed E-state index contributed by atoms with van der Waals surface area (Å²) in [4.78, 5) is 25.7. The van der Waals surface area contributed by atoms with Crippen molar-refractivity contribution in [1.29, 1.82) is 0 Å². The summed E-state index contributed by atoms with van der Waals surface area (Å²) in [5.74, 6) is 1.43. The third-order valence-corrected chi connectivity index (χ3v) is 4.17. The number of carbonyl (C=O) groups excluding carboxylic acids is 2. The van der Waals surface area contributed by atoms with Gasteiger partial charge in [0.1, 0.15) is 11.5 Å². The van der Waals surface area contributed by atoms with Crippen LogP contribution in [0.1, 0.15) is 19.3 Å². The minimum atomic E-state index is -0.136. The molecule has 1 saturated heterocycles. The number of rotatable bonds is 7. The molecule has 0 aromatic heterocycles. The SMILES string of the molecule is COc1ccc(OCCC(=O)Nc2cccc(N3CCCC3=O)c2)cc1. The van der Waals surface area contributed by atoms with Crippen LogP contribution in [0.25, 0.3) is 0 Å². The van der Waals surface area contributed by atoms with Crippen molar-refractivity contribution in [1.82, 2.24) is 0 Å². The number of amides is 2. The highest BCUT2D eigenvalue weighted by atomic mass is 16.5. The molecule has 136 valence electrons. The van der Waals surface area contributed by atoms with Gasteiger partial charge < -0.3 is 19.7 Å². The largest absolute Gasteiger partial charge is 0.497 e. The Labute approximate surface area is 152 Å². The highest BCUT2D eigenvalue weighted by Gasteiger charge is 2.21. The summed E-state index contributed by atoms with van der Waals surface area (Å²) in [6.45, 7) is 1.01. The lowest BCUT2D eigenvalue weighted by molar-refractivity contribution is -0.117. The molecule has 6 heteroatoms. The number of carbonyl (C=O) groups is 2. The van der Waals surface area contributed by atoms with Gasteiger partial charge in [0.2, 0.25) is 11.8 Å². The summed E-state index contributed by atoms with van der Waals surface area (Å²) >= 11 is 0. The minimum absolute atomic E-state index is 0.126. The second kappa shape index (κ2) is 8.38. The fourth-order valence-electron chi connectivity index (χ4n) is 2.83. The number of hydrogen-bond donors (Lipinski definition) is 1. The Morgan fingerprint density at radius 1 is 1.15 bits per heavy atom. The van der Waals surface area contributed by atoms with Crippen LogP contribution in [0.2, 0.25) is 0 Å². The molecule has 0 aliphatic carbocycles. The quantitative estimate of drug-likeness (QED) is 0.829. The molecule has 0 atom stereocenters. The summed E-state index contributed by atoms with van der Waals surface area (Å²) in [5, 5.41) is 2.85. The molecule has 1 aliphatic heterocycles. The Bertz CT molecular complexity index is 774. The minimum Gasteiger partial charge on any atom is -0.497 e. The third kappa shape index (κ3) is 4.53. The van der Waals surface area contributed by atoms with Crippen molar-refractivity contribution in [3.05, 3.63) is 48.5 Å². The van der Waals surface area contributed by atoms with E-state index < -0.39 is 0 Å². The van der Waals surface area contributed by atoms with Crippen LogP contribution in [-0.2, 0) is 9.59 Å². The zero-order valence-corrected chi connectivity index (χ0v) is 14.7. The Morgan fingerprint density at radius 2 is 1.92 bits per heavy atom. The lowest BCUT2D eigenvalue weighted by Gasteiger charge is -2.16. The van der Waals surface area contributed by atoms with E-state index in [1.165, 1.54) is 0 Å². The Morgan fingerprint density at radius 3 is 2.62 bits per heavy atom. The Kier molecular flexibility index (Phi) is 5.73. The number of hydrogen-bond acceptors (Lipinski definition) is 4. The maximum absolute atomic E-state index is 12.1. The molecule has 1 fully saturated rings. The van der Waals surface area contributed by atoms with Gasteiger partial charge in [-0.15, -0.1) is 0 Å². The number of methoxy groups -OCH3 is 1. The van der Waals surface area contributed by atoms with E-state index in [1.54, 1.807) is 36.3 Å². The van der Waals surface area contributed by atoms with Crippen molar-refractivity contribution in [2.75, 3.05) is 30.5 Å². The van der Waals surface area contributed by atoms with Gasteiger partial charge in [0, 0.05) is 24.3 Å². The van der Waals surface area contributed by atoms with Gasteiger partial charge in [-0.25, -0.2) is 0 Å². The number of anilines is 2. The molecule has 2 aromatic carbocycles. The molecule has 1 aliphatic rings. The summed E-state index contributed by atoms with van der Waals surface area (Å²) in [6.07, 6.45) is 1.69. The zero-order chi connectivity index (χ0) is 18.4. The van der Waals surface area contributed by atoms with Crippen molar-refractivity contribution in [2.45, 2.75) is 19.3 Å². The maximum Gasteiger partial charge on any atom is 0.227 e. The van der Waals surface area contributed by atoms with Crippen LogP contribution in [0.15, 0.2) is 48.5 Å². The van der Waals surface area contributed by atoms with Crippen LogP contribution < -0.4 is 19.7 Å². The standard InChI is InChI=1S/C20H22N2O4/c1-25-17-7-9-18(10-8-17)26-13-11-19(23)21-15-4-2-5-16(14-15)22-12-3-6-20(22)24/h2,4-5,7-10,14H,3,6,11-13H2,1H3,(H,21,23). The molecule has 1 N–H and O–H groups in total. The average molecular weight is 354 g/mol. The average Bonchev–Trinajstić information content (AvgIpc) is 3.08. The lowest BCUT2D eigenvalue weighted by Crippen LogP contribution is -2.23. The van der Waals surface area contributed by atoms with E-state index in [0.29, 0.717) is 17.9 Å². The predicted octanol–water partition coefficient (Wildman–Crippen LogP) is 3.23. The van der Waals surface area contributed by atoms with E-state index in [4.69, 9.17) is 9.47 Å². The molecule has 0 radical (unpaired) electrons. The first kappa shape index (κ1) is 17.8. The van der Waals surface area contributed by atoms with Crippen LogP contribution in [0.5, 0.6) is 11.5 Å². The molecule has 2 amide bonds. The van der Waals surface area contributed by atoms with E-state index in [-0.39, 0.29) is 24.8 Å². The molecule has 6 nitrogen and oxygen atoms in total. The number of ether oxygens (including phenoxy) is 2. The van der Waals surface area contributed by atoms with Crippen molar-refractivity contribution >= 4 is 23.2 Å². The first-order valence-electron chi connectivity index (χ1n) is 8.63. The zero-order valence-electron chi connectivity index (χ0n) is 14.7. The first-order valence-corrected chi connectivity index (χ1v) is 8.63. The Hall–Kier alpha value is -3.02.